The average molecular weight is 654 g/mol. The Morgan fingerprint density at radius 2 is 1.42 bits per heavy atom. The van der Waals surface area contributed by atoms with E-state index in [2.05, 4.69) is 25.8 Å². The predicted molar refractivity (Wildman–Crippen MR) is 152 cm³/mol. The van der Waals surface area contributed by atoms with Gasteiger partial charge in [0, 0.05) is 22.6 Å². The van der Waals surface area contributed by atoms with Gasteiger partial charge in [0.2, 0.25) is 12.7 Å². The lowest BCUT2D eigenvalue weighted by Gasteiger charge is -2.42. The molecule has 5 saturated heterocycles. The van der Waals surface area contributed by atoms with Crippen molar-refractivity contribution in [2.75, 3.05) is 19.9 Å². The highest BCUT2D eigenvalue weighted by atomic mass is 79.9. The zero-order chi connectivity index (χ0) is 26.7. The van der Waals surface area contributed by atoms with Gasteiger partial charge in [0.15, 0.2) is 6.04 Å². The molecule has 212 valence electrons. The predicted octanol–water partition coefficient (Wildman–Crippen LogP) is 2.61. The summed E-state index contributed by atoms with van der Waals surface area (Å²) >= 11 is 6.43. The number of rotatable bonds is 6. The van der Waals surface area contributed by atoms with Crippen molar-refractivity contribution in [1.82, 2.24) is 14.7 Å². The highest BCUT2D eigenvalue weighted by Gasteiger charge is 2.65. The quantitative estimate of drug-likeness (QED) is 0.107. The van der Waals surface area contributed by atoms with Crippen molar-refractivity contribution >= 4 is 82.0 Å². The van der Waals surface area contributed by atoms with Crippen molar-refractivity contribution in [3.05, 3.63) is 0 Å². The molecule has 1 unspecified atom stereocenters. The van der Waals surface area contributed by atoms with Gasteiger partial charge in [-0.05, 0) is 40.5 Å². The topological polar surface area (TPSA) is 109 Å². The van der Waals surface area contributed by atoms with Crippen LogP contribution in [0, 0.1) is 0 Å². The van der Waals surface area contributed by atoms with Crippen LogP contribution in [0.25, 0.3) is 0 Å². The van der Waals surface area contributed by atoms with Gasteiger partial charge in [0.25, 0.3) is 5.91 Å². The summed E-state index contributed by atoms with van der Waals surface area (Å²) < 4.78 is 9.52. The molecule has 0 bridgehead atoms. The number of hydrogen-bond acceptors (Lipinski definition) is 9. The number of esters is 2. The maximum atomic E-state index is 13.1. The summed E-state index contributed by atoms with van der Waals surface area (Å²) in [5, 5.41) is -0.350. The van der Waals surface area contributed by atoms with E-state index in [9.17, 15) is 19.2 Å². The van der Waals surface area contributed by atoms with Crippen LogP contribution in [0.1, 0.15) is 53.4 Å². The number of carbonyl (C=O) groups excluding carboxylic acids is 4. The summed E-state index contributed by atoms with van der Waals surface area (Å²) in [6, 6.07) is -2.07. The molecule has 0 spiro atoms. The number of halogens is 2. The van der Waals surface area contributed by atoms with Gasteiger partial charge in [-0.25, -0.2) is 9.59 Å². The first-order valence-corrected chi connectivity index (χ1v) is 15.4. The number of β-lactam (4-membered cyclic amide) rings is 2. The van der Waals surface area contributed by atoms with E-state index in [4.69, 9.17) is 9.47 Å². The molecule has 2 amide bonds. The molecule has 5 heterocycles. The van der Waals surface area contributed by atoms with Crippen molar-refractivity contribution in [1.29, 1.82) is 0 Å². The Labute approximate surface area is 245 Å². The second-order valence-corrected chi connectivity index (χ2v) is 15.7. The van der Waals surface area contributed by atoms with E-state index in [-0.39, 0.29) is 39.8 Å². The van der Waals surface area contributed by atoms with Gasteiger partial charge in [0.05, 0.1) is 6.34 Å². The largest absolute Gasteiger partial charge is 0.426 e. The number of likely N-dealkylation sites (tertiary alicyclic amines) is 1. The molecule has 10 nitrogen and oxygen atoms in total. The van der Waals surface area contributed by atoms with Gasteiger partial charge in [-0.15, -0.1) is 35.9 Å². The van der Waals surface area contributed by atoms with E-state index in [1.165, 1.54) is 41.3 Å². The summed E-state index contributed by atoms with van der Waals surface area (Å²) in [5.74, 6) is -1.57. The molecule has 0 aromatic carbocycles. The van der Waals surface area contributed by atoms with Crippen LogP contribution in [-0.4, -0.2) is 108 Å². The van der Waals surface area contributed by atoms with E-state index in [1.807, 2.05) is 27.7 Å². The van der Waals surface area contributed by atoms with Crippen molar-refractivity contribution in [3.63, 3.8) is 0 Å². The van der Waals surface area contributed by atoms with Crippen LogP contribution >= 0.6 is 51.9 Å². The van der Waals surface area contributed by atoms with Crippen LogP contribution in [0.3, 0.4) is 0 Å². The van der Waals surface area contributed by atoms with Crippen molar-refractivity contribution in [2.24, 2.45) is 4.99 Å². The van der Waals surface area contributed by atoms with Crippen LogP contribution in [0.15, 0.2) is 4.99 Å². The number of aliphatic imine (C=N–C) groups is 1. The summed E-state index contributed by atoms with van der Waals surface area (Å²) in [5.41, 5.74) is 0. The van der Waals surface area contributed by atoms with Gasteiger partial charge >= 0.3 is 11.9 Å². The molecular weight excluding hydrogens is 620 g/mol. The number of nitrogens with zero attached hydrogens (tertiary/aromatic N) is 4. The SMILES string of the molecule is CC1(C)S[C@@H]2C(/N=C/N3CCCCCC3)C(=O)N2[C@H]1C(=O)OCOC(=O)[C@@H]1N2C(=O)[C@@H](Br)[C@H]2SC1(C)C.Cl. The summed E-state index contributed by atoms with van der Waals surface area (Å²) in [6.07, 6.45) is 6.50. The lowest BCUT2D eigenvalue weighted by atomic mass is 9.96. The number of hydrogen-bond donors (Lipinski definition) is 0. The monoisotopic (exact) mass is 652 g/mol. The Hall–Kier alpha value is -1.18. The van der Waals surface area contributed by atoms with Gasteiger partial charge < -0.3 is 24.2 Å². The number of amides is 2. The normalized spacial score (nSPS) is 35.0. The second-order valence-electron chi connectivity index (χ2n) is 11.1. The molecule has 0 radical (unpaired) electrons. The lowest BCUT2D eigenvalue weighted by Crippen LogP contribution is -2.65. The van der Waals surface area contributed by atoms with Gasteiger partial charge in [-0.3, -0.25) is 14.6 Å². The average Bonchev–Trinajstić information content (AvgIpc) is 3.07. The Morgan fingerprint density at radius 3 is 1.97 bits per heavy atom. The van der Waals surface area contributed by atoms with Gasteiger partial charge in [-0.2, -0.15) is 0 Å². The Morgan fingerprint density at radius 1 is 0.921 bits per heavy atom. The first-order valence-electron chi connectivity index (χ1n) is 12.7. The van der Waals surface area contributed by atoms with Crippen LogP contribution < -0.4 is 0 Å². The minimum absolute atomic E-state index is 0. The van der Waals surface area contributed by atoms with Crippen molar-refractivity contribution in [2.45, 2.75) is 96.6 Å². The zero-order valence-corrected chi connectivity index (χ0v) is 25.9. The first kappa shape index (κ1) is 29.8. The van der Waals surface area contributed by atoms with E-state index in [1.54, 1.807) is 11.2 Å². The van der Waals surface area contributed by atoms with Crippen LogP contribution in [-0.2, 0) is 28.7 Å². The molecular formula is C24H34BrClN4O6S2. The fraction of sp³-hybridized carbons (Fsp3) is 0.792. The minimum atomic E-state index is -0.799. The number of ether oxygens (including phenoxy) is 2. The Balaban J connectivity index is 0.00000336. The number of carbonyl (C=O) groups is 4. The second kappa shape index (κ2) is 11.0. The van der Waals surface area contributed by atoms with Gasteiger partial charge in [0.1, 0.15) is 27.7 Å². The van der Waals surface area contributed by atoms with Gasteiger partial charge in [-0.1, -0.05) is 28.8 Å². The van der Waals surface area contributed by atoms with Crippen LogP contribution in [0.2, 0.25) is 0 Å². The first-order chi connectivity index (χ1) is 17.4. The van der Waals surface area contributed by atoms with Crippen molar-refractivity contribution in [3.8, 4) is 0 Å². The van der Waals surface area contributed by atoms with E-state index in [0.29, 0.717) is 0 Å². The minimum Gasteiger partial charge on any atom is -0.426 e. The molecule has 0 aromatic rings. The highest BCUT2D eigenvalue weighted by Crippen LogP contribution is 2.53. The highest BCUT2D eigenvalue weighted by molar-refractivity contribution is 9.10. The van der Waals surface area contributed by atoms with Crippen molar-refractivity contribution < 1.29 is 28.7 Å². The maximum Gasteiger partial charge on any atom is 0.333 e. The lowest BCUT2D eigenvalue weighted by molar-refractivity contribution is -0.180. The molecule has 0 aromatic heterocycles. The zero-order valence-electron chi connectivity index (χ0n) is 21.8. The third kappa shape index (κ3) is 5.05. The number of fused-ring (bicyclic) bond motifs is 2. The molecule has 0 aliphatic carbocycles. The Kier molecular flexibility index (Phi) is 8.63. The summed E-state index contributed by atoms with van der Waals surface area (Å²) in [7, 11) is 0. The molecule has 6 atom stereocenters. The fourth-order valence-corrected chi connectivity index (χ4v) is 9.71. The molecule has 5 fully saturated rings. The fourth-order valence-electron chi connectivity index (χ4n) is 5.74. The maximum absolute atomic E-state index is 13.1. The Bertz CT molecular complexity index is 1020. The molecule has 5 aliphatic heterocycles. The smallest absolute Gasteiger partial charge is 0.333 e. The summed E-state index contributed by atoms with van der Waals surface area (Å²) in [4.78, 5) is 60.7. The molecule has 38 heavy (non-hydrogen) atoms. The number of thioether (sulfide) groups is 2. The molecule has 5 aliphatic rings. The number of alkyl halides is 1. The van der Waals surface area contributed by atoms with E-state index >= 15 is 0 Å². The molecule has 14 heteroatoms. The van der Waals surface area contributed by atoms with E-state index < -0.39 is 46.4 Å². The van der Waals surface area contributed by atoms with Crippen LogP contribution in [0.4, 0.5) is 0 Å². The van der Waals surface area contributed by atoms with E-state index in [0.717, 1.165) is 25.9 Å². The molecule has 0 saturated carbocycles. The summed E-state index contributed by atoms with van der Waals surface area (Å²) in [6.45, 7) is 8.92. The third-order valence-electron chi connectivity index (χ3n) is 7.67. The standard InChI is InChI=1S/C24H33BrN4O6S2.ClH/c1-23(2)15(28-17(30)13(25)19(28)36-23)21(32)34-12-35-22(33)16-24(3,4)37-20-14(18(31)29(16)20)26-11-27-9-7-5-6-8-10-27;/h11,13-16,19-20H,5-10,12H2,1-4H3;1H/b26-11+;/t13-,14?,15+,16+,19-,20-;/m1./s1. The third-order valence-corrected chi connectivity index (χ3v) is 12.0. The molecule has 5 rings (SSSR count). The van der Waals surface area contributed by atoms with Crippen LogP contribution in [0.5, 0.6) is 0 Å². The molecule has 0 N–H and O–H groups in total.